The fourth-order valence-electron chi connectivity index (χ4n) is 2.59. The van der Waals surface area contributed by atoms with E-state index in [1.165, 1.54) is 45.3 Å². The standard InChI is InChI=1S/C12H24N2/c1-10(12-5-6-12)14(2)9-11-4-3-7-13-8-11/h10-13H,3-9H2,1-2H3. The summed E-state index contributed by atoms with van der Waals surface area (Å²) in [5.41, 5.74) is 0. The van der Waals surface area contributed by atoms with Crippen molar-refractivity contribution < 1.29 is 0 Å². The van der Waals surface area contributed by atoms with E-state index < -0.39 is 0 Å². The molecule has 0 amide bonds. The van der Waals surface area contributed by atoms with E-state index >= 15 is 0 Å². The molecule has 0 aromatic heterocycles. The van der Waals surface area contributed by atoms with Gasteiger partial charge in [-0.3, -0.25) is 0 Å². The maximum Gasteiger partial charge on any atom is 0.00922 e. The highest BCUT2D eigenvalue weighted by Crippen LogP contribution is 2.34. The lowest BCUT2D eigenvalue weighted by Gasteiger charge is -2.31. The molecule has 82 valence electrons. The normalized spacial score (nSPS) is 30.6. The minimum atomic E-state index is 0.817. The Bertz CT molecular complexity index is 171. The van der Waals surface area contributed by atoms with E-state index in [0.29, 0.717) is 0 Å². The average Bonchev–Trinajstić information content (AvgIpc) is 3.01. The maximum atomic E-state index is 3.50. The quantitative estimate of drug-likeness (QED) is 0.736. The third kappa shape index (κ3) is 2.71. The summed E-state index contributed by atoms with van der Waals surface area (Å²) in [5.74, 6) is 1.91. The lowest BCUT2D eigenvalue weighted by molar-refractivity contribution is 0.183. The van der Waals surface area contributed by atoms with Gasteiger partial charge in [-0.2, -0.15) is 0 Å². The number of piperidine rings is 1. The summed E-state index contributed by atoms with van der Waals surface area (Å²) in [5, 5.41) is 3.50. The van der Waals surface area contributed by atoms with Crippen LogP contribution in [0.2, 0.25) is 0 Å². The average molecular weight is 196 g/mol. The van der Waals surface area contributed by atoms with Crippen molar-refractivity contribution in [3.63, 3.8) is 0 Å². The minimum Gasteiger partial charge on any atom is -0.316 e. The van der Waals surface area contributed by atoms with Crippen LogP contribution in [0.4, 0.5) is 0 Å². The molecule has 2 nitrogen and oxygen atoms in total. The van der Waals surface area contributed by atoms with Crippen molar-refractivity contribution in [1.29, 1.82) is 0 Å². The summed E-state index contributed by atoms with van der Waals surface area (Å²) < 4.78 is 0. The first kappa shape index (κ1) is 10.4. The molecule has 0 bridgehead atoms. The second-order valence-electron chi connectivity index (χ2n) is 5.23. The molecular formula is C12H24N2. The van der Waals surface area contributed by atoms with Crippen LogP contribution in [0, 0.1) is 11.8 Å². The SMILES string of the molecule is CC(C1CC1)N(C)CC1CCCNC1. The molecule has 2 heteroatoms. The number of nitrogens with zero attached hydrogens (tertiary/aromatic N) is 1. The Morgan fingerprint density at radius 1 is 1.36 bits per heavy atom. The predicted octanol–water partition coefficient (Wildman–Crippen LogP) is 1.72. The van der Waals surface area contributed by atoms with Gasteiger partial charge >= 0.3 is 0 Å². The van der Waals surface area contributed by atoms with E-state index in [2.05, 4.69) is 24.2 Å². The van der Waals surface area contributed by atoms with E-state index in [-0.39, 0.29) is 0 Å². The van der Waals surface area contributed by atoms with Crippen molar-refractivity contribution in [2.75, 3.05) is 26.7 Å². The summed E-state index contributed by atoms with van der Waals surface area (Å²) in [6, 6.07) is 0.817. The van der Waals surface area contributed by atoms with Crippen molar-refractivity contribution in [2.45, 2.75) is 38.6 Å². The summed E-state index contributed by atoms with van der Waals surface area (Å²) in [4.78, 5) is 2.58. The van der Waals surface area contributed by atoms with E-state index in [0.717, 1.165) is 17.9 Å². The minimum absolute atomic E-state index is 0.817. The first-order chi connectivity index (χ1) is 6.77. The van der Waals surface area contributed by atoms with E-state index in [9.17, 15) is 0 Å². The van der Waals surface area contributed by atoms with Gasteiger partial charge in [-0.25, -0.2) is 0 Å². The molecule has 1 saturated carbocycles. The summed E-state index contributed by atoms with van der Waals surface area (Å²) >= 11 is 0. The molecule has 2 atom stereocenters. The Morgan fingerprint density at radius 3 is 2.71 bits per heavy atom. The van der Waals surface area contributed by atoms with Gasteiger partial charge in [0.15, 0.2) is 0 Å². The van der Waals surface area contributed by atoms with Gasteiger partial charge in [-0.05, 0) is 64.6 Å². The fraction of sp³-hybridized carbons (Fsp3) is 1.00. The topological polar surface area (TPSA) is 15.3 Å². The van der Waals surface area contributed by atoms with E-state index in [1.54, 1.807) is 0 Å². The first-order valence-corrected chi connectivity index (χ1v) is 6.18. The highest BCUT2D eigenvalue weighted by Gasteiger charge is 2.31. The molecule has 0 aromatic carbocycles. The van der Waals surface area contributed by atoms with E-state index in [1.807, 2.05) is 0 Å². The van der Waals surface area contributed by atoms with Crippen LogP contribution >= 0.6 is 0 Å². The Morgan fingerprint density at radius 2 is 2.14 bits per heavy atom. The lowest BCUT2D eigenvalue weighted by atomic mass is 9.98. The molecule has 2 unspecified atom stereocenters. The molecular weight excluding hydrogens is 172 g/mol. The fourth-order valence-corrected chi connectivity index (χ4v) is 2.59. The molecule has 0 radical (unpaired) electrons. The molecule has 1 aliphatic carbocycles. The second kappa shape index (κ2) is 4.63. The van der Waals surface area contributed by atoms with E-state index in [4.69, 9.17) is 0 Å². The van der Waals surface area contributed by atoms with Gasteiger partial charge in [-0.1, -0.05) is 0 Å². The van der Waals surface area contributed by atoms with Gasteiger partial charge in [-0.15, -0.1) is 0 Å². The third-order valence-electron chi connectivity index (χ3n) is 3.94. The van der Waals surface area contributed by atoms with Gasteiger partial charge < -0.3 is 10.2 Å². The Hall–Kier alpha value is -0.0800. The molecule has 1 aliphatic heterocycles. The molecule has 14 heavy (non-hydrogen) atoms. The zero-order valence-electron chi connectivity index (χ0n) is 9.63. The monoisotopic (exact) mass is 196 g/mol. The summed E-state index contributed by atoms with van der Waals surface area (Å²) in [6.45, 7) is 6.17. The van der Waals surface area contributed by atoms with Crippen LogP contribution < -0.4 is 5.32 Å². The van der Waals surface area contributed by atoms with Gasteiger partial charge in [0.1, 0.15) is 0 Å². The number of hydrogen-bond acceptors (Lipinski definition) is 2. The van der Waals surface area contributed by atoms with Crippen LogP contribution in [0.5, 0.6) is 0 Å². The Kier molecular flexibility index (Phi) is 3.45. The number of rotatable bonds is 4. The van der Waals surface area contributed by atoms with Crippen LogP contribution in [0.25, 0.3) is 0 Å². The third-order valence-corrected chi connectivity index (χ3v) is 3.94. The highest BCUT2D eigenvalue weighted by atomic mass is 15.1. The van der Waals surface area contributed by atoms with Crippen LogP contribution in [-0.4, -0.2) is 37.6 Å². The van der Waals surface area contributed by atoms with Crippen molar-refractivity contribution in [3.8, 4) is 0 Å². The van der Waals surface area contributed by atoms with Crippen molar-refractivity contribution in [1.82, 2.24) is 10.2 Å². The zero-order valence-corrected chi connectivity index (χ0v) is 9.63. The second-order valence-corrected chi connectivity index (χ2v) is 5.23. The lowest BCUT2D eigenvalue weighted by Crippen LogP contribution is -2.40. The molecule has 1 heterocycles. The Labute approximate surface area is 88.1 Å². The first-order valence-electron chi connectivity index (χ1n) is 6.18. The molecule has 0 aromatic rings. The predicted molar refractivity (Wildman–Crippen MR) is 60.4 cm³/mol. The molecule has 0 spiro atoms. The van der Waals surface area contributed by atoms with Crippen LogP contribution in [0.3, 0.4) is 0 Å². The van der Waals surface area contributed by atoms with Crippen LogP contribution in [0.1, 0.15) is 32.6 Å². The Balaban J connectivity index is 1.71. The van der Waals surface area contributed by atoms with Crippen LogP contribution in [-0.2, 0) is 0 Å². The van der Waals surface area contributed by atoms with Crippen LogP contribution in [0.15, 0.2) is 0 Å². The maximum absolute atomic E-state index is 3.50. The zero-order chi connectivity index (χ0) is 9.97. The van der Waals surface area contributed by atoms with Gasteiger partial charge in [0.05, 0.1) is 0 Å². The van der Waals surface area contributed by atoms with Gasteiger partial charge in [0, 0.05) is 12.6 Å². The van der Waals surface area contributed by atoms with Gasteiger partial charge in [0.25, 0.3) is 0 Å². The van der Waals surface area contributed by atoms with Crippen molar-refractivity contribution in [3.05, 3.63) is 0 Å². The number of nitrogens with one attached hydrogen (secondary N) is 1. The van der Waals surface area contributed by atoms with Crippen molar-refractivity contribution in [2.24, 2.45) is 11.8 Å². The van der Waals surface area contributed by atoms with Crippen molar-refractivity contribution >= 4 is 0 Å². The summed E-state index contributed by atoms with van der Waals surface area (Å²) in [7, 11) is 2.30. The summed E-state index contributed by atoms with van der Waals surface area (Å²) in [6.07, 6.45) is 5.73. The molecule has 1 saturated heterocycles. The molecule has 2 aliphatic rings. The molecule has 2 fully saturated rings. The largest absolute Gasteiger partial charge is 0.316 e. The number of hydrogen-bond donors (Lipinski definition) is 1. The molecule has 1 N–H and O–H groups in total. The highest BCUT2D eigenvalue weighted by molar-refractivity contribution is 4.85. The smallest absolute Gasteiger partial charge is 0.00922 e. The molecule has 2 rings (SSSR count). The van der Waals surface area contributed by atoms with Gasteiger partial charge in [0.2, 0.25) is 0 Å².